The predicted octanol–water partition coefficient (Wildman–Crippen LogP) is 3.49. The summed E-state index contributed by atoms with van der Waals surface area (Å²) in [5.41, 5.74) is 2.35. The normalized spacial score (nSPS) is 11.7. The third kappa shape index (κ3) is 6.95. The van der Waals surface area contributed by atoms with Crippen molar-refractivity contribution in [1.82, 2.24) is 0 Å². The monoisotopic (exact) mass is 210 g/mol. The first-order valence-electron chi connectivity index (χ1n) is 5.41. The molecule has 0 amide bonds. The molecule has 2 nitrogen and oxygen atoms in total. The lowest BCUT2D eigenvalue weighted by molar-refractivity contribution is -0.144. The molecule has 0 fully saturated rings. The van der Waals surface area contributed by atoms with E-state index in [2.05, 4.69) is 26.5 Å². The summed E-state index contributed by atoms with van der Waals surface area (Å²) in [6.45, 7) is 12.3. The number of carbonyl (C=O) groups excluding carboxylic acids is 1. The Labute approximate surface area is 93.0 Å². The average Bonchev–Trinajstić information content (AvgIpc) is 2.16. The Morgan fingerprint density at radius 1 is 1.40 bits per heavy atom. The number of ether oxygens (including phenoxy) is 1. The molecular formula is C13H22O2. The van der Waals surface area contributed by atoms with Crippen LogP contribution in [0.5, 0.6) is 0 Å². The summed E-state index contributed by atoms with van der Waals surface area (Å²) in [5.74, 6) is 0.105. The highest BCUT2D eigenvalue weighted by Crippen LogP contribution is 2.15. The molecule has 0 aliphatic heterocycles. The van der Waals surface area contributed by atoms with Crippen molar-refractivity contribution in [3.8, 4) is 0 Å². The fraction of sp³-hybridized carbons (Fsp3) is 0.615. The number of hydrogen-bond donors (Lipinski definition) is 0. The van der Waals surface area contributed by atoms with E-state index < -0.39 is 0 Å². The summed E-state index contributed by atoms with van der Waals surface area (Å²) in [4.78, 5) is 11.0. The fourth-order valence-electron chi connectivity index (χ4n) is 1.09. The molecule has 0 rings (SSSR count). The quantitative estimate of drug-likeness (QED) is 0.495. The van der Waals surface area contributed by atoms with Crippen LogP contribution in [0.3, 0.4) is 0 Å². The van der Waals surface area contributed by atoms with E-state index in [4.69, 9.17) is 4.74 Å². The zero-order chi connectivity index (χ0) is 11.8. The Morgan fingerprint density at radius 3 is 2.40 bits per heavy atom. The van der Waals surface area contributed by atoms with Crippen LogP contribution < -0.4 is 0 Å². The van der Waals surface area contributed by atoms with Crippen molar-refractivity contribution < 1.29 is 9.53 Å². The second kappa shape index (κ2) is 7.27. The lowest BCUT2D eigenvalue weighted by Crippen LogP contribution is -2.13. The van der Waals surface area contributed by atoms with E-state index in [9.17, 15) is 4.79 Å². The number of rotatable bonds is 6. The van der Waals surface area contributed by atoms with Gasteiger partial charge in [0, 0.05) is 12.3 Å². The summed E-state index contributed by atoms with van der Waals surface area (Å²) in [7, 11) is 0. The molecule has 0 aromatic carbocycles. The van der Waals surface area contributed by atoms with E-state index >= 15 is 0 Å². The maximum absolute atomic E-state index is 11.0. The van der Waals surface area contributed by atoms with E-state index in [0.717, 1.165) is 12.0 Å². The van der Waals surface area contributed by atoms with Crippen LogP contribution in [0.4, 0.5) is 0 Å². The molecule has 15 heavy (non-hydrogen) atoms. The molecule has 0 radical (unpaired) electrons. The van der Waals surface area contributed by atoms with Gasteiger partial charge in [0.1, 0.15) is 0 Å². The summed E-state index contributed by atoms with van der Waals surface area (Å²) in [6.07, 6.45) is 3.49. The van der Waals surface area contributed by atoms with Gasteiger partial charge >= 0.3 is 5.97 Å². The van der Waals surface area contributed by atoms with Gasteiger partial charge in [0.25, 0.3) is 0 Å². The van der Waals surface area contributed by atoms with Crippen LogP contribution in [-0.4, -0.2) is 12.6 Å². The molecule has 0 aromatic rings. The molecule has 1 atom stereocenters. The maximum Gasteiger partial charge on any atom is 0.305 e. The van der Waals surface area contributed by atoms with Crippen molar-refractivity contribution in [3.63, 3.8) is 0 Å². The standard InChI is InChI=1S/C13H22O2/c1-6-13(14)15-9-12(11(4)5)8-7-10(2)3/h7,12H,4,6,8-9H2,1-3,5H3. The van der Waals surface area contributed by atoms with Gasteiger partial charge in [-0.1, -0.05) is 30.7 Å². The van der Waals surface area contributed by atoms with Crippen molar-refractivity contribution in [2.75, 3.05) is 6.61 Å². The zero-order valence-electron chi connectivity index (χ0n) is 10.3. The van der Waals surface area contributed by atoms with E-state index in [0.29, 0.717) is 13.0 Å². The average molecular weight is 210 g/mol. The van der Waals surface area contributed by atoms with Crippen LogP contribution in [0.25, 0.3) is 0 Å². The third-order valence-corrected chi connectivity index (χ3v) is 2.24. The Hall–Kier alpha value is -1.05. The smallest absolute Gasteiger partial charge is 0.305 e. The molecular weight excluding hydrogens is 188 g/mol. The summed E-state index contributed by atoms with van der Waals surface area (Å²) < 4.78 is 5.12. The minimum atomic E-state index is -0.140. The molecule has 86 valence electrons. The zero-order valence-corrected chi connectivity index (χ0v) is 10.3. The van der Waals surface area contributed by atoms with Gasteiger partial charge in [-0.25, -0.2) is 0 Å². The first kappa shape index (κ1) is 13.9. The van der Waals surface area contributed by atoms with Crippen molar-refractivity contribution in [2.24, 2.45) is 5.92 Å². The van der Waals surface area contributed by atoms with Gasteiger partial charge < -0.3 is 4.74 Å². The highest BCUT2D eigenvalue weighted by Gasteiger charge is 2.10. The van der Waals surface area contributed by atoms with Gasteiger partial charge in [-0.3, -0.25) is 4.79 Å². The molecule has 0 aliphatic carbocycles. The number of allylic oxidation sites excluding steroid dienone is 2. The first-order valence-corrected chi connectivity index (χ1v) is 5.41. The van der Waals surface area contributed by atoms with Crippen molar-refractivity contribution in [1.29, 1.82) is 0 Å². The lowest BCUT2D eigenvalue weighted by atomic mass is 9.98. The van der Waals surface area contributed by atoms with E-state index in [1.54, 1.807) is 6.92 Å². The SMILES string of the molecule is C=C(C)C(CC=C(C)C)COC(=O)CC. The van der Waals surface area contributed by atoms with Crippen molar-refractivity contribution in [3.05, 3.63) is 23.8 Å². The third-order valence-electron chi connectivity index (χ3n) is 2.24. The predicted molar refractivity (Wildman–Crippen MR) is 63.6 cm³/mol. The van der Waals surface area contributed by atoms with Crippen LogP contribution in [0, 0.1) is 5.92 Å². The Balaban J connectivity index is 4.11. The lowest BCUT2D eigenvalue weighted by Gasteiger charge is -2.15. The highest BCUT2D eigenvalue weighted by molar-refractivity contribution is 5.68. The van der Waals surface area contributed by atoms with Crippen LogP contribution in [0.15, 0.2) is 23.8 Å². The molecule has 0 heterocycles. The van der Waals surface area contributed by atoms with Crippen LogP contribution >= 0.6 is 0 Å². The molecule has 0 bridgehead atoms. The molecule has 0 spiro atoms. The maximum atomic E-state index is 11.0. The summed E-state index contributed by atoms with van der Waals surface area (Å²) in [6, 6.07) is 0. The molecule has 2 heteroatoms. The van der Waals surface area contributed by atoms with Gasteiger partial charge in [-0.05, 0) is 27.2 Å². The Bertz CT molecular complexity index is 247. The van der Waals surface area contributed by atoms with Gasteiger partial charge in [0.2, 0.25) is 0 Å². The van der Waals surface area contributed by atoms with Crippen LogP contribution in [0.2, 0.25) is 0 Å². The van der Waals surface area contributed by atoms with Crippen LogP contribution in [0.1, 0.15) is 40.5 Å². The second-order valence-electron chi connectivity index (χ2n) is 4.10. The first-order chi connectivity index (χ1) is 6.97. The van der Waals surface area contributed by atoms with Gasteiger partial charge in [0.15, 0.2) is 0 Å². The van der Waals surface area contributed by atoms with Gasteiger partial charge in [-0.2, -0.15) is 0 Å². The molecule has 0 saturated carbocycles. The van der Waals surface area contributed by atoms with E-state index in [-0.39, 0.29) is 11.9 Å². The Kier molecular flexibility index (Phi) is 6.76. The molecule has 0 aliphatic rings. The molecule has 1 unspecified atom stereocenters. The fourth-order valence-corrected chi connectivity index (χ4v) is 1.09. The van der Waals surface area contributed by atoms with E-state index in [1.807, 2.05) is 6.92 Å². The van der Waals surface area contributed by atoms with Gasteiger partial charge in [0.05, 0.1) is 6.61 Å². The number of hydrogen-bond acceptors (Lipinski definition) is 2. The molecule has 0 saturated heterocycles. The second-order valence-corrected chi connectivity index (χ2v) is 4.10. The number of esters is 1. The highest BCUT2D eigenvalue weighted by atomic mass is 16.5. The molecule has 0 aromatic heterocycles. The largest absolute Gasteiger partial charge is 0.465 e. The van der Waals surface area contributed by atoms with Crippen LogP contribution in [-0.2, 0) is 9.53 Å². The minimum Gasteiger partial charge on any atom is -0.465 e. The number of carbonyl (C=O) groups is 1. The topological polar surface area (TPSA) is 26.3 Å². The van der Waals surface area contributed by atoms with Crippen molar-refractivity contribution in [2.45, 2.75) is 40.5 Å². The van der Waals surface area contributed by atoms with Crippen molar-refractivity contribution >= 4 is 5.97 Å². The minimum absolute atomic E-state index is 0.140. The summed E-state index contributed by atoms with van der Waals surface area (Å²) in [5, 5.41) is 0. The molecule has 0 N–H and O–H groups in total. The Morgan fingerprint density at radius 2 is 2.00 bits per heavy atom. The van der Waals surface area contributed by atoms with Gasteiger partial charge in [-0.15, -0.1) is 0 Å². The summed E-state index contributed by atoms with van der Waals surface area (Å²) >= 11 is 0. The van der Waals surface area contributed by atoms with E-state index in [1.165, 1.54) is 5.57 Å².